The summed E-state index contributed by atoms with van der Waals surface area (Å²) in [4.78, 5) is 14.7. The fourth-order valence-electron chi connectivity index (χ4n) is 2.61. The third kappa shape index (κ3) is 2.25. The number of H-pyrrole nitrogens is 1. The van der Waals surface area contributed by atoms with E-state index in [-0.39, 0.29) is 6.04 Å². The zero-order valence-corrected chi connectivity index (χ0v) is 13.2. The first kappa shape index (κ1) is 14.0. The summed E-state index contributed by atoms with van der Waals surface area (Å²) in [5.74, 6) is 0.910. The minimum absolute atomic E-state index is 0.209. The van der Waals surface area contributed by atoms with Crippen molar-refractivity contribution in [3.63, 3.8) is 0 Å². The Kier molecular flexibility index (Phi) is 3.79. The standard InChI is InChI=1S/C13H18ClN5S/c1-3-8-10(14)9-11(16-8)17-13(20-2)18-12(9)19-5-4-7(15)6-19/h7H,3-6,15H2,1-2H3,(H,16,17,18)/t7-/m0/s1. The van der Waals surface area contributed by atoms with Gasteiger partial charge in [-0.2, -0.15) is 0 Å². The Labute approximate surface area is 127 Å². The molecule has 2 aromatic rings. The van der Waals surface area contributed by atoms with Crippen molar-refractivity contribution in [2.75, 3.05) is 24.2 Å². The van der Waals surface area contributed by atoms with Crippen LogP contribution in [0.4, 0.5) is 5.82 Å². The monoisotopic (exact) mass is 311 g/mol. The second-order valence-corrected chi connectivity index (χ2v) is 6.17. The van der Waals surface area contributed by atoms with Crippen molar-refractivity contribution in [3.8, 4) is 0 Å². The number of nitrogens with two attached hydrogens (primary N) is 1. The third-order valence-corrected chi connectivity index (χ3v) is 4.65. The molecule has 20 heavy (non-hydrogen) atoms. The van der Waals surface area contributed by atoms with Crippen LogP contribution in [-0.4, -0.2) is 40.3 Å². The lowest BCUT2D eigenvalue weighted by Crippen LogP contribution is -2.27. The number of halogens is 1. The van der Waals surface area contributed by atoms with Crippen LogP contribution in [-0.2, 0) is 6.42 Å². The summed E-state index contributed by atoms with van der Waals surface area (Å²) in [6.07, 6.45) is 3.82. The first-order valence-corrected chi connectivity index (χ1v) is 8.37. The van der Waals surface area contributed by atoms with Gasteiger partial charge in [0, 0.05) is 24.8 Å². The zero-order chi connectivity index (χ0) is 14.3. The van der Waals surface area contributed by atoms with Gasteiger partial charge in [0.15, 0.2) is 5.16 Å². The molecule has 3 heterocycles. The van der Waals surface area contributed by atoms with E-state index >= 15 is 0 Å². The molecule has 0 amide bonds. The van der Waals surface area contributed by atoms with Gasteiger partial charge in [-0.25, -0.2) is 9.97 Å². The molecule has 1 atom stereocenters. The number of aryl methyl sites for hydroxylation is 1. The normalized spacial score (nSPS) is 19.2. The molecule has 5 nitrogen and oxygen atoms in total. The summed E-state index contributed by atoms with van der Waals surface area (Å²) in [7, 11) is 0. The van der Waals surface area contributed by atoms with Gasteiger partial charge in [0.2, 0.25) is 0 Å². The Morgan fingerprint density at radius 2 is 2.30 bits per heavy atom. The molecule has 2 aromatic heterocycles. The van der Waals surface area contributed by atoms with Crippen molar-refractivity contribution < 1.29 is 0 Å². The fraction of sp³-hybridized carbons (Fsp3) is 0.538. The smallest absolute Gasteiger partial charge is 0.191 e. The number of aromatic nitrogens is 3. The third-order valence-electron chi connectivity index (χ3n) is 3.68. The van der Waals surface area contributed by atoms with Gasteiger partial charge in [0.1, 0.15) is 11.5 Å². The Morgan fingerprint density at radius 3 is 2.90 bits per heavy atom. The summed E-state index contributed by atoms with van der Waals surface area (Å²) in [6.45, 7) is 3.82. The average Bonchev–Trinajstić information content (AvgIpc) is 3.02. The summed E-state index contributed by atoms with van der Waals surface area (Å²) in [5.41, 5.74) is 7.85. The van der Waals surface area contributed by atoms with Gasteiger partial charge in [-0.1, -0.05) is 30.3 Å². The largest absolute Gasteiger partial charge is 0.354 e. The van der Waals surface area contributed by atoms with E-state index in [0.29, 0.717) is 0 Å². The molecule has 108 valence electrons. The van der Waals surface area contributed by atoms with Crippen LogP contribution in [0.5, 0.6) is 0 Å². The van der Waals surface area contributed by atoms with E-state index in [0.717, 1.165) is 58.7 Å². The average molecular weight is 312 g/mol. The minimum atomic E-state index is 0.209. The number of nitrogens with zero attached hydrogens (tertiary/aromatic N) is 3. The predicted molar refractivity (Wildman–Crippen MR) is 84.9 cm³/mol. The van der Waals surface area contributed by atoms with Crippen LogP contribution >= 0.6 is 23.4 Å². The molecule has 7 heteroatoms. The molecule has 3 rings (SSSR count). The summed E-state index contributed by atoms with van der Waals surface area (Å²) < 4.78 is 0. The zero-order valence-electron chi connectivity index (χ0n) is 11.6. The molecule has 0 unspecified atom stereocenters. The Balaban J connectivity index is 2.19. The van der Waals surface area contributed by atoms with Gasteiger partial charge < -0.3 is 15.6 Å². The van der Waals surface area contributed by atoms with Crippen LogP contribution < -0.4 is 10.6 Å². The molecular weight excluding hydrogens is 294 g/mol. The molecule has 0 aliphatic carbocycles. The second kappa shape index (κ2) is 5.42. The van der Waals surface area contributed by atoms with Crippen LogP contribution in [0, 0.1) is 0 Å². The number of aromatic amines is 1. The van der Waals surface area contributed by atoms with Crippen LogP contribution in [0.25, 0.3) is 11.0 Å². The van der Waals surface area contributed by atoms with E-state index in [1.807, 2.05) is 6.26 Å². The molecule has 1 saturated heterocycles. The van der Waals surface area contributed by atoms with E-state index < -0.39 is 0 Å². The van der Waals surface area contributed by atoms with Crippen LogP contribution in [0.2, 0.25) is 5.02 Å². The SMILES string of the molecule is CCc1[nH]c2nc(SC)nc(N3CC[C@H](N)C3)c2c1Cl. The van der Waals surface area contributed by atoms with E-state index in [1.165, 1.54) is 11.8 Å². The van der Waals surface area contributed by atoms with Gasteiger partial charge in [0.05, 0.1) is 10.4 Å². The quantitative estimate of drug-likeness (QED) is 0.673. The molecule has 1 aliphatic rings. The molecule has 1 fully saturated rings. The van der Waals surface area contributed by atoms with E-state index in [2.05, 4.69) is 26.8 Å². The van der Waals surface area contributed by atoms with Crippen LogP contribution in [0.15, 0.2) is 5.16 Å². The van der Waals surface area contributed by atoms with Crippen molar-refractivity contribution in [1.82, 2.24) is 15.0 Å². The maximum atomic E-state index is 6.50. The molecule has 3 N–H and O–H groups in total. The number of rotatable bonds is 3. The number of nitrogens with one attached hydrogen (secondary N) is 1. The lowest BCUT2D eigenvalue weighted by atomic mass is 10.3. The first-order chi connectivity index (χ1) is 9.63. The summed E-state index contributed by atoms with van der Waals surface area (Å²) >= 11 is 8.03. The molecule has 0 radical (unpaired) electrons. The molecule has 1 aliphatic heterocycles. The van der Waals surface area contributed by atoms with Gasteiger partial charge in [-0.05, 0) is 19.1 Å². The van der Waals surface area contributed by atoms with Crippen LogP contribution in [0.3, 0.4) is 0 Å². The Morgan fingerprint density at radius 1 is 1.50 bits per heavy atom. The van der Waals surface area contributed by atoms with Crippen molar-refractivity contribution >= 4 is 40.2 Å². The Bertz CT molecular complexity index is 641. The fourth-order valence-corrected chi connectivity index (χ4v) is 3.33. The molecular formula is C13H18ClN5S. The number of hydrogen-bond acceptors (Lipinski definition) is 5. The number of fused-ring (bicyclic) bond motifs is 1. The molecule has 0 aromatic carbocycles. The molecule has 0 saturated carbocycles. The summed E-state index contributed by atoms with van der Waals surface area (Å²) in [6, 6.07) is 0.209. The van der Waals surface area contributed by atoms with Gasteiger partial charge in [0.25, 0.3) is 0 Å². The van der Waals surface area contributed by atoms with Gasteiger partial charge in [-0.15, -0.1) is 0 Å². The van der Waals surface area contributed by atoms with Crippen molar-refractivity contribution in [2.24, 2.45) is 5.73 Å². The lowest BCUT2D eigenvalue weighted by Gasteiger charge is -2.18. The van der Waals surface area contributed by atoms with E-state index in [4.69, 9.17) is 17.3 Å². The highest BCUT2D eigenvalue weighted by Gasteiger charge is 2.25. The highest BCUT2D eigenvalue weighted by Crippen LogP contribution is 2.35. The van der Waals surface area contributed by atoms with Crippen molar-refractivity contribution in [2.45, 2.75) is 31.0 Å². The second-order valence-electron chi connectivity index (χ2n) is 5.02. The van der Waals surface area contributed by atoms with Crippen LogP contribution in [0.1, 0.15) is 19.0 Å². The highest BCUT2D eigenvalue weighted by molar-refractivity contribution is 7.98. The van der Waals surface area contributed by atoms with Crippen molar-refractivity contribution in [3.05, 3.63) is 10.7 Å². The van der Waals surface area contributed by atoms with E-state index in [9.17, 15) is 0 Å². The van der Waals surface area contributed by atoms with Gasteiger partial charge in [-0.3, -0.25) is 0 Å². The maximum Gasteiger partial charge on any atom is 0.191 e. The maximum absolute atomic E-state index is 6.50. The number of thioether (sulfide) groups is 1. The number of hydrogen-bond donors (Lipinski definition) is 2. The van der Waals surface area contributed by atoms with E-state index in [1.54, 1.807) is 0 Å². The first-order valence-electron chi connectivity index (χ1n) is 6.76. The lowest BCUT2D eigenvalue weighted by molar-refractivity contribution is 0.751. The number of anilines is 1. The molecule has 0 spiro atoms. The molecule has 0 bridgehead atoms. The summed E-state index contributed by atoms with van der Waals surface area (Å²) in [5, 5.41) is 2.43. The topological polar surface area (TPSA) is 70.8 Å². The van der Waals surface area contributed by atoms with Gasteiger partial charge >= 0.3 is 0 Å². The Hall–Kier alpha value is -0.980. The predicted octanol–water partition coefficient (Wildman–Crippen LogP) is 2.43. The highest BCUT2D eigenvalue weighted by atomic mass is 35.5. The minimum Gasteiger partial charge on any atom is -0.354 e. The van der Waals surface area contributed by atoms with Crippen molar-refractivity contribution in [1.29, 1.82) is 0 Å².